The lowest BCUT2D eigenvalue weighted by Crippen LogP contribution is -2.26. The third-order valence-electron chi connectivity index (χ3n) is 15.0. The van der Waals surface area contributed by atoms with Crippen LogP contribution in [0.5, 0.6) is 0 Å². The van der Waals surface area contributed by atoms with Crippen molar-refractivity contribution in [2.24, 2.45) is 0 Å². The van der Waals surface area contributed by atoms with Gasteiger partial charge in [0.2, 0.25) is 0 Å². The molecule has 14 rings (SSSR count). The summed E-state index contributed by atoms with van der Waals surface area (Å²) in [5.74, 6) is 0. The largest absolute Gasteiger partial charge is 0.310 e. The SMILES string of the molecule is c1ccc(-c2cccc(N(c3ccccc3)c3ccc4c5c(ccc4c3)-c3ccc4cc(N(c6ccccc6)c6cccc(-c7ccccc7)c6)ccc4c3C53c4ccccc4-c4ccccc43)c2)cc1. The van der Waals surface area contributed by atoms with Gasteiger partial charge in [-0.15, -0.1) is 0 Å². The Kier molecular flexibility index (Phi) is 9.47. The van der Waals surface area contributed by atoms with Crippen molar-refractivity contribution in [1.82, 2.24) is 0 Å². The van der Waals surface area contributed by atoms with Gasteiger partial charge in [0.05, 0.1) is 5.41 Å². The average Bonchev–Trinajstić information content (AvgIpc) is 3.93. The maximum atomic E-state index is 2.40. The lowest BCUT2D eigenvalue weighted by molar-refractivity contribution is 0.809. The molecule has 0 radical (unpaired) electrons. The van der Waals surface area contributed by atoms with Crippen LogP contribution in [0.3, 0.4) is 0 Å². The van der Waals surface area contributed by atoms with Crippen molar-refractivity contribution in [3.05, 3.63) is 301 Å². The lowest BCUT2D eigenvalue weighted by atomic mass is 9.68. The van der Waals surface area contributed by atoms with Gasteiger partial charge < -0.3 is 9.80 Å². The summed E-state index contributed by atoms with van der Waals surface area (Å²) in [5, 5.41) is 4.94. The molecule has 0 bridgehead atoms. The predicted molar refractivity (Wildman–Crippen MR) is 298 cm³/mol. The van der Waals surface area contributed by atoms with Crippen LogP contribution in [0, 0.1) is 0 Å². The first-order valence-corrected chi connectivity index (χ1v) is 24.6. The van der Waals surface area contributed by atoms with E-state index in [9.17, 15) is 0 Å². The number of para-hydroxylation sites is 2. The highest BCUT2D eigenvalue weighted by Crippen LogP contribution is 2.65. The molecule has 332 valence electrons. The number of benzene rings is 12. The molecule has 0 aromatic heterocycles. The molecule has 0 N–H and O–H groups in total. The first-order chi connectivity index (χ1) is 35.2. The Morgan fingerprint density at radius 1 is 0.225 bits per heavy atom. The van der Waals surface area contributed by atoms with E-state index in [4.69, 9.17) is 0 Å². The topological polar surface area (TPSA) is 6.48 Å². The van der Waals surface area contributed by atoms with Crippen LogP contribution in [0.2, 0.25) is 0 Å². The van der Waals surface area contributed by atoms with Crippen LogP contribution in [-0.2, 0) is 5.41 Å². The molecule has 12 aromatic rings. The Morgan fingerprint density at radius 3 is 1.01 bits per heavy atom. The molecule has 1 spiro atoms. The van der Waals surface area contributed by atoms with Gasteiger partial charge in [-0.05, 0) is 161 Å². The number of hydrogen-bond acceptors (Lipinski definition) is 2. The van der Waals surface area contributed by atoms with E-state index in [0.29, 0.717) is 0 Å². The van der Waals surface area contributed by atoms with E-state index >= 15 is 0 Å². The van der Waals surface area contributed by atoms with Gasteiger partial charge in [-0.2, -0.15) is 0 Å². The van der Waals surface area contributed by atoms with Gasteiger partial charge in [0.25, 0.3) is 0 Å². The summed E-state index contributed by atoms with van der Waals surface area (Å²) >= 11 is 0. The fourth-order valence-corrected chi connectivity index (χ4v) is 12.0. The van der Waals surface area contributed by atoms with Gasteiger partial charge in [0, 0.05) is 34.1 Å². The monoisotopic (exact) mass is 902 g/mol. The Hall–Kier alpha value is -9.24. The van der Waals surface area contributed by atoms with E-state index in [1.54, 1.807) is 0 Å². The highest BCUT2D eigenvalue weighted by Gasteiger charge is 2.53. The molecule has 0 fully saturated rings. The van der Waals surface area contributed by atoms with Gasteiger partial charge >= 0.3 is 0 Å². The maximum Gasteiger partial charge on any atom is 0.0737 e. The molecule has 2 nitrogen and oxygen atoms in total. The fourth-order valence-electron chi connectivity index (χ4n) is 12.0. The van der Waals surface area contributed by atoms with Crippen molar-refractivity contribution in [3.63, 3.8) is 0 Å². The molecule has 71 heavy (non-hydrogen) atoms. The summed E-state index contributed by atoms with van der Waals surface area (Å²) in [4.78, 5) is 4.79. The normalized spacial score (nSPS) is 12.6. The van der Waals surface area contributed by atoms with Crippen molar-refractivity contribution >= 4 is 55.7 Å². The van der Waals surface area contributed by atoms with Gasteiger partial charge in [-0.3, -0.25) is 0 Å². The maximum absolute atomic E-state index is 2.40. The first kappa shape index (κ1) is 40.8. The minimum Gasteiger partial charge on any atom is -0.310 e. The molecule has 0 saturated carbocycles. The second-order valence-electron chi connectivity index (χ2n) is 18.8. The Balaban J connectivity index is 0.974. The zero-order chi connectivity index (χ0) is 46.9. The van der Waals surface area contributed by atoms with Crippen molar-refractivity contribution in [1.29, 1.82) is 0 Å². The quantitative estimate of drug-likeness (QED) is 0.150. The number of rotatable bonds is 8. The van der Waals surface area contributed by atoms with Gasteiger partial charge in [0.15, 0.2) is 0 Å². The van der Waals surface area contributed by atoms with Crippen LogP contribution in [0.15, 0.2) is 279 Å². The Bertz CT molecular complexity index is 3730. The van der Waals surface area contributed by atoms with Crippen LogP contribution in [0.4, 0.5) is 34.1 Å². The highest BCUT2D eigenvalue weighted by molar-refractivity contribution is 6.10. The number of nitrogens with zero attached hydrogens (tertiary/aromatic N) is 2. The summed E-state index contributed by atoms with van der Waals surface area (Å²) in [6.07, 6.45) is 0. The molecule has 0 aliphatic heterocycles. The molecule has 2 aliphatic rings. The van der Waals surface area contributed by atoms with E-state index in [2.05, 4.69) is 289 Å². The van der Waals surface area contributed by atoms with E-state index in [1.807, 2.05) is 0 Å². The second kappa shape index (κ2) is 16.5. The number of fused-ring (bicyclic) bond motifs is 14. The molecular formula is C69H46N2. The van der Waals surface area contributed by atoms with Crippen LogP contribution in [-0.4, -0.2) is 0 Å². The molecule has 2 aliphatic carbocycles. The van der Waals surface area contributed by atoms with Crippen LogP contribution >= 0.6 is 0 Å². The van der Waals surface area contributed by atoms with Crippen LogP contribution in [0.25, 0.3) is 66.1 Å². The summed E-state index contributed by atoms with van der Waals surface area (Å²) in [7, 11) is 0. The minimum atomic E-state index is -0.563. The molecule has 0 amide bonds. The third-order valence-corrected chi connectivity index (χ3v) is 15.0. The van der Waals surface area contributed by atoms with Crippen LogP contribution in [0.1, 0.15) is 22.3 Å². The molecule has 0 unspecified atom stereocenters. The second-order valence-corrected chi connectivity index (χ2v) is 18.8. The molecule has 0 heterocycles. The zero-order valence-electron chi connectivity index (χ0n) is 39.0. The van der Waals surface area contributed by atoms with Gasteiger partial charge in [0.1, 0.15) is 0 Å². The average molecular weight is 903 g/mol. The summed E-state index contributed by atoms with van der Waals surface area (Å²) in [6, 6.07) is 103. The molecule has 0 atom stereocenters. The third kappa shape index (κ3) is 6.42. The Labute approximate surface area is 414 Å². The molecular weight excluding hydrogens is 857 g/mol. The smallest absolute Gasteiger partial charge is 0.0737 e. The summed E-state index contributed by atoms with van der Waals surface area (Å²) < 4.78 is 0. The molecule has 0 saturated heterocycles. The van der Waals surface area contributed by atoms with Gasteiger partial charge in [-0.1, -0.05) is 206 Å². The fraction of sp³-hybridized carbons (Fsp3) is 0.0145. The standard InChI is InChI=1S/C69H46N2/c1-5-19-47(20-6-1)49-23-17-29-55(43-49)70(53-25-9-3-10-26-53)57-37-41-59-51(45-57)35-39-63-64-40-36-52-46-58(71(54-27-11-4-12-28-54)56-30-18-24-50(44-56)48-21-7-2-8-22-48)38-42-60(52)68(64)69(67(59)63)65-33-15-13-31-61(65)62-32-14-16-34-66(62)69/h1-46H. The number of anilines is 6. The van der Waals surface area contributed by atoms with Crippen molar-refractivity contribution < 1.29 is 0 Å². The number of hydrogen-bond donors (Lipinski definition) is 0. The van der Waals surface area contributed by atoms with Crippen molar-refractivity contribution in [2.45, 2.75) is 5.41 Å². The first-order valence-electron chi connectivity index (χ1n) is 24.6. The summed E-state index contributed by atoms with van der Waals surface area (Å²) in [6.45, 7) is 0. The van der Waals surface area contributed by atoms with E-state index in [1.165, 1.54) is 88.3 Å². The van der Waals surface area contributed by atoms with E-state index in [-0.39, 0.29) is 0 Å². The Morgan fingerprint density at radius 2 is 0.577 bits per heavy atom. The van der Waals surface area contributed by atoms with E-state index in [0.717, 1.165) is 34.1 Å². The van der Waals surface area contributed by atoms with Gasteiger partial charge in [-0.25, -0.2) is 0 Å². The molecule has 12 aromatic carbocycles. The lowest BCUT2D eigenvalue weighted by Gasteiger charge is -2.33. The molecule has 2 heteroatoms. The highest BCUT2D eigenvalue weighted by atomic mass is 15.1. The summed E-state index contributed by atoms with van der Waals surface area (Å²) in [5.41, 5.74) is 21.4. The van der Waals surface area contributed by atoms with Crippen molar-refractivity contribution in [3.8, 4) is 44.5 Å². The van der Waals surface area contributed by atoms with Crippen LogP contribution < -0.4 is 9.80 Å². The van der Waals surface area contributed by atoms with Crippen molar-refractivity contribution in [2.75, 3.05) is 9.80 Å². The minimum absolute atomic E-state index is 0.563. The zero-order valence-corrected chi connectivity index (χ0v) is 39.0. The van der Waals surface area contributed by atoms with E-state index < -0.39 is 5.41 Å². The predicted octanol–water partition coefficient (Wildman–Crippen LogP) is 18.6.